The largest absolute Gasteiger partial charge is 0.253 e. The van der Waals surface area contributed by atoms with Gasteiger partial charge in [-0.15, -0.1) is 11.3 Å². The highest BCUT2D eigenvalue weighted by molar-refractivity contribution is 7.14. The van der Waals surface area contributed by atoms with E-state index in [1.165, 1.54) is 22.5 Å². The van der Waals surface area contributed by atoms with E-state index in [0.29, 0.717) is 5.02 Å². The Morgan fingerprint density at radius 3 is 2.83 bits per heavy atom. The second-order valence-electron chi connectivity index (χ2n) is 5.28. The lowest BCUT2D eigenvalue weighted by molar-refractivity contribution is 1.28. The maximum absolute atomic E-state index is 5.95. The van der Waals surface area contributed by atoms with E-state index in [0.717, 1.165) is 22.0 Å². The molecule has 1 N–H and O–H groups in total. The molecule has 0 saturated heterocycles. The summed E-state index contributed by atoms with van der Waals surface area (Å²) in [6.07, 6.45) is 1.73. The summed E-state index contributed by atoms with van der Waals surface area (Å²) in [5.41, 5.74) is 8.51. The average molecular weight is 342 g/mol. The van der Waals surface area contributed by atoms with Crippen LogP contribution in [0.2, 0.25) is 5.02 Å². The van der Waals surface area contributed by atoms with Gasteiger partial charge in [0.1, 0.15) is 0 Å². The van der Waals surface area contributed by atoms with E-state index in [9.17, 15) is 0 Å². The monoisotopic (exact) mass is 341 g/mol. The predicted octanol–water partition coefficient (Wildman–Crippen LogP) is 5.53. The molecular weight excluding hydrogens is 326 g/mol. The van der Waals surface area contributed by atoms with Gasteiger partial charge in [-0.05, 0) is 37.1 Å². The SMILES string of the molecule is Cc1ccc(-c2csc(N/N=C\c3cccc(Cl)c3)n2)c(C)c1. The molecule has 1 heterocycles. The maximum atomic E-state index is 5.95. The van der Waals surface area contributed by atoms with Gasteiger partial charge in [-0.2, -0.15) is 5.10 Å². The molecule has 0 spiro atoms. The van der Waals surface area contributed by atoms with Gasteiger partial charge in [-0.1, -0.05) is 47.5 Å². The number of rotatable bonds is 4. The molecule has 116 valence electrons. The normalized spacial score (nSPS) is 11.1. The number of benzene rings is 2. The first-order valence-electron chi connectivity index (χ1n) is 7.19. The van der Waals surface area contributed by atoms with Crippen molar-refractivity contribution in [3.8, 4) is 11.3 Å². The molecule has 0 aliphatic rings. The number of nitrogens with zero attached hydrogens (tertiary/aromatic N) is 2. The molecular formula is C18H16ClN3S. The van der Waals surface area contributed by atoms with Crippen LogP contribution in [0, 0.1) is 13.8 Å². The van der Waals surface area contributed by atoms with E-state index in [4.69, 9.17) is 11.6 Å². The predicted molar refractivity (Wildman–Crippen MR) is 99.7 cm³/mol. The molecule has 0 aliphatic carbocycles. The molecule has 0 bridgehead atoms. The molecule has 3 nitrogen and oxygen atoms in total. The van der Waals surface area contributed by atoms with E-state index in [2.05, 4.69) is 47.6 Å². The summed E-state index contributed by atoms with van der Waals surface area (Å²) in [6, 6.07) is 13.9. The van der Waals surface area contributed by atoms with E-state index in [-0.39, 0.29) is 0 Å². The summed E-state index contributed by atoms with van der Waals surface area (Å²) in [4.78, 5) is 4.59. The fourth-order valence-electron chi connectivity index (χ4n) is 2.30. The Balaban J connectivity index is 1.72. The van der Waals surface area contributed by atoms with Crippen LogP contribution in [0.5, 0.6) is 0 Å². The van der Waals surface area contributed by atoms with Crippen molar-refractivity contribution in [3.63, 3.8) is 0 Å². The zero-order chi connectivity index (χ0) is 16.2. The lowest BCUT2D eigenvalue weighted by atomic mass is 10.0. The fourth-order valence-corrected chi connectivity index (χ4v) is 3.16. The lowest BCUT2D eigenvalue weighted by Crippen LogP contribution is -1.90. The molecule has 5 heteroatoms. The Bertz CT molecular complexity index is 855. The van der Waals surface area contributed by atoms with Gasteiger partial charge < -0.3 is 0 Å². The first-order valence-corrected chi connectivity index (χ1v) is 8.45. The van der Waals surface area contributed by atoms with Crippen molar-refractivity contribution in [2.75, 3.05) is 5.43 Å². The second-order valence-corrected chi connectivity index (χ2v) is 6.58. The van der Waals surface area contributed by atoms with Crippen LogP contribution in [-0.4, -0.2) is 11.2 Å². The van der Waals surface area contributed by atoms with E-state index in [1.54, 1.807) is 6.21 Å². The molecule has 0 radical (unpaired) electrons. The molecule has 0 unspecified atom stereocenters. The number of nitrogens with one attached hydrogen (secondary N) is 1. The van der Waals surface area contributed by atoms with Crippen molar-refractivity contribution < 1.29 is 0 Å². The Morgan fingerprint density at radius 1 is 1.17 bits per heavy atom. The number of halogens is 1. The third-order valence-corrected chi connectivity index (χ3v) is 4.37. The third kappa shape index (κ3) is 3.97. The minimum atomic E-state index is 0.695. The van der Waals surface area contributed by atoms with Gasteiger partial charge in [-0.25, -0.2) is 4.98 Å². The molecule has 1 aromatic heterocycles. The number of thiazole rings is 1. The highest BCUT2D eigenvalue weighted by Gasteiger charge is 2.06. The van der Waals surface area contributed by atoms with E-state index >= 15 is 0 Å². The third-order valence-electron chi connectivity index (χ3n) is 3.38. The summed E-state index contributed by atoms with van der Waals surface area (Å²) in [7, 11) is 0. The van der Waals surface area contributed by atoms with Crippen molar-refractivity contribution >= 4 is 34.3 Å². The zero-order valence-electron chi connectivity index (χ0n) is 12.9. The highest BCUT2D eigenvalue weighted by Crippen LogP contribution is 2.27. The molecule has 0 fully saturated rings. The molecule has 0 aliphatic heterocycles. The molecule has 3 rings (SSSR count). The number of hydrogen-bond acceptors (Lipinski definition) is 4. The second kappa shape index (κ2) is 6.94. The summed E-state index contributed by atoms with van der Waals surface area (Å²) in [5, 5.41) is 7.70. The Kier molecular flexibility index (Phi) is 4.74. The topological polar surface area (TPSA) is 37.3 Å². The quantitative estimate of drug-likeness (QED) is 0.500. The Labute approximate surface area is 144 Å². The van der Waals surface area contributed by atoms with Crippen LogP contribution < -0.4 is 5.43 Å². The number of aromatic nitrogens is 1. The summed E-state index contributed by atoms with van der Waals surface area (Å²) in [6.45, 7) is 4.20. The minimum Gasteiger partial charge on any atom is -0.253 e. The van der Waals surface area contributed by atoms with Crippen molar-refractivity contribution in [1.29, 1.82) is 0 Å². The van der Waals surface area contributed by atoms with Gasteiger partial charge in [0, 0.05) is 16.0 Å². The van der Waals surface area contributed by atoms with E-state index < -0.39 is 0 Å². The first kappa shape index (κ1) is 15.7. The fraction of sp³-hybridized carbons (Fsp3) is 0.111. The van der Waals surface area contributed by atoms with Crippen LogP contribution in [0.15, 0.2) is 52.9 Å². The smallest absolute Gasteiger partial charge is 0.203 e. The van der Waals surface area contributed by atoms with Gasteiger partial charge in [0.05, 0.1) is 11.9 Å². The van der Waals surface area contributed by atoms with Crippen LogP contribution in [0.1, 0.15) is 16.7 Å². The number of hydrazone groups is 1. The molecule has 23 heavy (non-hydrogen) atoms. The standard InChI is InChI=1S/C18H16ClN3S/c1-12-6-7-16(13(2)8-12)17-11-23-18(21-17)22-20-10-14-4-3-5-15(19)9-14/h3-11H,1-2H3,(H,21,22)/b20-10-. The van der Waals surface area contributed by atoms with Crippen LogP contribution in [0.25, 0.3) is 11.3 Å². The zero-order valence-corrected chi connectivity index (χ0v) is 14.4. The van der Waals surface area contributed by atoms with Gasteiger partial charge in [0.15, 0.2) is 0 Å². The van der Waals surface area contributed by atoms with Crippen molar-refractivity contribution in [3.05, 3.63) is 69.6 Å². The Hall–Kier alpha value is -2.17. The van der Waals surface area contributed by atoms with Crippen molar-refractivity contribution in [1.82, 2.24) is 4.98 Å². The van der Waals surface area contributed by atoms with Gasteiger partial charge in [-0.3, -0.25) is 5.43 Å². The average Bonchev–Trinajstić information content (AvgIpc) is 2.96. The van der Waals surface area contributed by atoms with Gasteiger partial charge in [0.2, 0.25) is 5.13 Å². The van der Waals surface area contributed by atoms with Crippen LogP contribution >= 0.6 is 22.9 Å². The summed E-state index contributed by atoms with van der Waals surface area (Å²) < 4.78 is 0. The molecule has 0 atom stereocenters. The van der Waals surface area contributed by atoms with Gasteiger partial charge >= 0.3 is 0 Å². The minimum absolute atomic E-state index is 0.695. The summed E-state index contributed by atoms with van der Waals surface area (Å²) >= 11 is 7.48. The molecule has 2 aromatic carbocycles. The van der Waals surface area contributed by atoms with Crippen molar-refractivity contribution in [2.24, 2.45) is 5.10 Å². The van der Waals surface area contributed by atoms with E-state index in [1.807, 2.05) is 29.6 Å². The van der Waals surface area contributed by atoms with Crippen molar-refractivity contribution in [2.45, 2.75) is 13.8 Å². The highest BCUT2D eigenvalue weighted by atomic mass is 35.5. The van der Waals surface area contributed by atoms with Gasteiger partial charge in [0.25, 0.3) is 0 Å². The number of aryl methyl sites for hydroxylation is 2. The maximum Gasteiger partial charge on any atom is 0.203 e. The van der Waals surface area contributed by atoms with Crippen LogP contribution in [-0.2, 0) is 0 Å². The first-order chi connectivity index (χ1) is 11.1. The Morgan fingerprint density at radius 2 is 2.04 bits per heavy atom. The molecule has 0 saturated carbocycles. The van der Waals surface area contributed by atoms with Crippen LogP contribution in [0.3, 0.4) is 0 Å². The number of hydrogen-bond donors (Lipinski definition) is 1. The van der Waals surface area contributed by atoms with Crippen LogP contribution in [0.4, 0.5) is 5.13 Å². The molecule has 0 amide bonds. The summed E-state index contributed by atoms with van der Waals surface area (Å²) in [5.74, 6) is 0. The molecule has 3 aromatic rings. The number of anilines is 1. The lowest BCUT2D eigenvalue weighted by Gasteiger charge is -2.03.